The zero-order valence-electron chi connectivity index (χ0n) is 32.3. The predicted octanol–water partition coefficient (Wildman–Crippen LogP) is 4.03. The fourth-order valence-corrected chi connectivity index (χ4v) is 6.47. The van der Waals surface area contributed by atoms with Gasteiger partial charge in [0.05, 0.1) is 30.3 Å². The van der Waals surface area contributed by atoms with Crippen molar-refractivity contribution in [1.82, 2.24) is 30.8 Å². The molecule has 2 aromatic rings. The number of amides is 4. The number of imidazole rings is 1. The number of likely N-dealkylation sites (N-methyl/N-ethyl adjacent to an activating group) is 1. The highest BCUT2D eigenvalue weighted by molar-refractivity contribution is 5.95. The van der Waals surface area contributed by atoms with Crippen LogP contribution in [0.4, 0.5) is 4.79 Å². The van der Waals surface area contributed by atoms with Gasteiger partial charge in [0.2, 0.25) is 17.7 Å². The van der Waals surface area contributed by atoms with Crippen molar-refractivity contribution in [3.05, 3.63) is 54.1 Å². The molecule has 0 saturated heterocycles. The molecule has 1 aliphatic carbocycles. The van der Waals surface area contributed by atoms with Crippen LogP contribution in [0, 0.1) is 11.8 Å². The third-order valence-electron chi connectivity index (χ3n) is 9.70. The van der Waals surface area contributed by atoms with E-state index in [0.717, 1.165) is 37.7 Å². The van der Waals surface area contributed by atoms with Gasteiger partial charge in [0.25, 0.3) is 0 Å². The number of hydrogen-bond donors (Lipinski definition) is 6. The topological polar surface area (TPSA) is 186 Å². The molecule has 13 nitrogen and oxygen atoms in total. The molecule has 1 saturated carbocycles. The Labute approximate surface area is 309 Å². The molecule has 0 aliphatic heterocycles. The van der Waals surface area contributed by atoms with Crippen molar-refractivity contribution in [2.75, 3.05) is 7.05 Å². The number of benzene rings is 1. The Hall–Kier alpha value is -3.97. The fraction of sp³-hybridized carbons (Fsp3) is 0.667. The van der Waals surface area contributed by atoms with Crippen LogP contribution in [-0.4, -0.2) is 97.4 Å². The monoisotopic (exact) mass is 726 g/mol. The Kier molecular flexibility index (Phi) is 15.7. The number of hydrogen-bond acceptors (Lipinski definition) is 8. The second-order valence-electron chi connectivity index (χ2n) is 16.2. The lowest BCUT2D eigenvalue weighted by Gasteiger charge is -2.35. The van der Waals surface area contributed by atoms with Crippen LogP contribution in [-0.2, 0) is 32.0 Å². The highest BCUT2D eigenvalue weighted by Gasteiger charge is 2.39. The molecular weight excluding hydrogens is 664 g/mol. The minimum Gasteiger partial charge on any atom is -0.444 e. The normalized spacial score (nSPS) is 17.0. The summed E-state index contributed by atoms with van der Waals surface area (Å²) in [6.45, 7) is 11.9. The lowest BCUT2D eigenvalue weighted by atomic mass is 9.82. The van der Waals surface area contributed by atoms with Crippen LogP contribution in [0.25, 0.3) is 0 Å². The molecule has 1 aromatic heterocycles. The van der Waals surface area contributed by atoms with Crippen LogP contribution in [0.15, 0.2) is 42.9 Å². The molecule has 5 atom stereocenters. The molecule has 6 N–H and O–H groups in total. The molecule has 52 heavy (non-hydrogen) atoms. The number of carbonyl (C=O) groups is 4. The molecule has 1 fully saturated rings. The summed E-state index contributed by atoms with van der Waals surface area (Å²) in [5, 5.41) is 30.5. The van der Waals surface area contributed by atoms with Gasteiger partial charge in [-0.05, 0) is 58.4 Å². The van der Waals surface area contributed by atoms with E-state index in [1.807, 2.05) is 44.2 Å². The van der Waals surface area contributed by atoms with Gasteiger partial charge in [-0.3, -0.25) is 14.4 Å². The van der Waals surface area contributed by atoms with E-state index in [2.05, 4.69) is 25.9 Å². The van der Waals surface area contributed by atoms with E-state index in [1.54, 1.807) is 27.0 Å². The molecule has 0 bridgehead atoms. The summed E-state index contributed by atoms with van der Waals surface area (Å²) in [4.78, 5) is 63.6. The van der Waals surface area contributed by atoms with Crippen molar-refractivity contribution in [3.8, 4) is 0 Å². The summed E-state index contributed by atoms with van der Waals surface area (Å²) < 4.78 is 5.36. The molecule has 4 amide bonds. The third-order valence-corrected chi connectivity index (χ3v) is 9.70. The number of aromatic amines is 1. The fourth-order valence-electron chi connectivity index (χ4n) is 6.47. The highest BCUT2D eigenvalue weighted by Crippen LogP contribution is 2.29. The second-order valence-corrected chi connectivity index (χ2v) is 16.2. The number of aliphatic hydroxyl groups excluding tert-OH is 2. The minimum absolute atomic E-state index is 0.0656. The Morgan fingerprint density at radius 3 is 2.19 bits per heavy atom. The van der Waals surface area contributed by atoms with Crippen LogP contribution in [0.3, 0.4) is 0 Å². The Morgan fingerprint density at radius 2 is 1.62 bits per heavy atom. The largest absolute Gasteiger partial charge is 0.444 e. The first-order chi connectivity index (χ1) is 24.4. The first kappa shape index (κ1) is 42.4. The lowest BCUT2D eigenvalue weighted by molar-refractivity contribution is -0.143. The standard InChI is InChI=1S/C39H62N6O7/c1-25(2)32(46)22-33(47)29(19-26-15-11-9-12-16-26)42-34(48)31(21-28-23-40-24-41-28)45(8)35(49)30(20-27-17-13-10-14-18-27)43-36(50)39(6,7)44-37(51)52-38(3,4)5/h10,13-14,17-18,23-26,29-33,46-47H,9,11-12,15-16,19-22H2,1-8H3,(H,40,41)(H,42,48)(H,43,50)(H,44,51)/t29-,30-,31-,32?,33?/m0/s1. The number of ether oxygens (including phenoxy) is 1. The summed E-state index contributed by atoms with van der Waals surface area (Å²) in [6.07, 6.45) is 6.80. The number of aromatic nitrogens is 2. The van der Waals surface area contributed by atoms with E-state index < -0.39 is 65.3 Å². The molecule has 3 rings (SSSR count). The number of carbonyl (C=O) groups excluding carboxylic acids is 4. The van der Waals surface area contributed by atoms with Crippen LogP contribution in [0.2, 0.25) is 0 Å². The maximum Gasteiger partial charge on any atom is 0.408 e. The van der Waals surface area contributed by atoms with Gasteiger partial charge >= 0.3 is 6.09 Å². The smallest absolute Gasteiger partial charge is 0.408 e. The average Bonchev–Trinajstić information content (AvgIpc) is 3.59. The summed E-state index contributed by atoms with van der Waals surface area (Å²) in [5.74, 6) is -1.38. The first-order valence-corrected chi connectivity index (χ1v) is 18.6. The number of nitrogens with zero attached hydrogens (tertiary/aromatic N) is 2. The zero-order valence-corrected chi connectivity index (χ0v) is 32.3. The average molecular weight is 727 g/mol. The number of aliphatic hydroxyl groups is 2. The number of H-pyrrole nitrogens is 1. The summed E-state index contributed by atoms with van der Waals surface area (Å²) >= 11 is 0. The summed E-state index contributed by atoms with van der Waals surface area (Å²) in [6, 6.07) is 6.38. The van der Waals surface area contributed by atoms with Crippen LogP contribution in [0.5, 0.6) is 0 Å². The molecule has 1 aromatic carbocycles. The highest BCUT2D eigenvalue weighted by atomic mass is 16.6. The summed E-state index contributed by atoms with van der Waals surface area (Å²) in [5.41, 5.74) is -0.911. The molecular formula is C39H62N6O7. The zero-order chi connectivity index (χ0) is 38.6. The number of rotatable bonds is 17. The molecule has 13 heteroatoms. The minimum atomic E-state index is -1.45. The maximum absolute atomic E-state index is 14.5. The van der Waals surface area contributed by atoms with Crippen molar-refractivity contribution in [1.29, 1.82) is 0 Å². The summed E-state index contributed by atoms with van der Waals surface area (Å²) in [7, 11) is 1.52. The van der Waals surface area contributed by atoms with Crippen LogP contribution >= 0.6 is 0 Å². The van der Waals surface area contributed by atoms with E-state index >= 15 is 0 Å². The van der Waals surface area contributed by atoms with Crippen molar-refractivity contribution >= 4 is 23.8 Å². The Morgan fingerprint density at radius 1 is 0.962 bits per heavy atom. The van der Waals surface area contributed by atoms with E-state index in [1.165, 1.54) is 32.1 Å². The molecule has 2 unspecified atom stereocenters. The van der Waals surface area contributed by atoms with Gasteiger partial charge in [0.15, 0.2) is 0 Å². The Balaban J connectivity index is 1.91. The Bertz CT molecular complexity index is 1420. The third kappa shape index (κ3) is 13.5. The lowest BCUT2D eigenvalue weighted by Crippen LogP contribution is -2.62. The quantitative estimate of drug-likeness (QED) is 0.141. The molecule has 1 heterocycles. The van der Waals surface area contributed by atoms with Gasteiger partial charge in [0, 0.05) is 32.5 Å². The molecule has 0 spiro atoms. The van der Waals surface area contributed by atoms with Gasteiger partial charge in [-0.15, -0.1) is 0 Å². The van der Waals surface area contributed by atoms with E-state index in [0.29, 0.717) is 18.0 Å². The van der Waals surface area contributed by atoms with Crippen molar-refractivity contribution in [2.24, 2.45) is 11.8 Å². The van der Waals surface area contributed by atoms with Crippen molar-refractivity contribution in [2.45, 2.75) is 148 Å². The van der Waals surface area contributed by atoms with Gasteiger partial charge < -0.3 is 40.8 Å². The van der Waals surface area contributed by atoms with Gasteiger partial charge in [-0.1, -0.05) is 76.3 Å². The van der Waals surface area contributed by atoms with E-state index in [9.17, 15) is 29.4 Å². The maximum atomic E-state index is 14.5. The SMILES string of the molecule is CC(C)C(O)CC(O)[C@H](CC1CCCCC1)NC(=O)[C@H](Cc1c[nH]cn1)N(C)C(=O)[C@H](Cc1ccccc1)NC(=O)C(C)(C)NC(=O)OC(C)(C)C. The van der Waals surface area contributed by atoms with E-state index in [-0.39, 0.29) is 25.2 Å². The van der Waals surface area contributed by atoms with Gasteiger partial charge in [-0.2, -0.15) is 0 Å². The molecule has 0 radical (unpaired) electrons. The number of alkyl carbamates (subject to hydrolysis) is 1. The van der Waals surface area contributed by atoms with E-state index in [4.69, 9.17) is 4.74 Å². The predicted molar refractivity (Wildman–Crippen MR) is 199 cm³/mol. The number of nitrogens with one attached hydrogen (secondary N) is 4. The van der Waals surface area contributed by atoms with Crippen LogP contribution in [0.1, 0.15) is 105 Å². The van der Waals surface area contributed by atoms with Crippen molar-refractivity contribution < 1.29 is 34.1 Å². The van der Waals surface area contributed by atoms with Gasteiger partial charge in [0.1, 0.15) is 23.2 Å². The molecule has 1 aliphatic rings. The first-order valence-electron chi connectivity index (χ1n) is 18.6. The van der Waals surface area contributed by atoms with Crippen LogP contribution < -0.4 is 16.0 Å². The second kappa shape index (κ2) is 19.2. The van der Waals surface area contributed by atoms with Crippen molar-refractivity contribution in [3.63, 3.8) is 0 Å². The van der Waals surface area contributed by atoms with Gasteiger partial charge in [-0.25, -0.2) is 9.78 Å². The molecule has 290 valence electrons.